The summed E-state index contributed by atoms with van der Waals surface area (Å²) in [5, 5.41) is 0. The minimum Gasteiger partial charge on any atom is -0.335 e. The van der Waals surface area contributed by atoms with E-state index in [-0.39, 0.29) is 0 Å². The lowest BCUT2D eigenvalue weighted by molar-refractivity contribution is 0.191. The van der Waals surface area contributed by atoms with Gasteiger partial charge in [-0.15, -0.1) is 0 Å². The lowest BCUT2D eigenvalue weighted by Crippen LogP contribution is -2.34. The van der Waals surface area contributed by atoms with E-state index in [0.29, 0.717) is 0 Å². The van der Waals surface area contributed by atoms with Crippen molar-refractivity contribution in [2.45, 2.75) is 52.0 Å². The van der Waals surface area contributed by atoms with E-state index < -0.39 is 0 Å². The maximum absolute atomic E-state index is 4.83. The lowest BCUT2D eigenvalue weighted by atomic mass is 9.92. The van der Waals surface area contributed by atoms with Gasteiger partial charge in [0, 0.05) is 19.2 Å². The standard InChI is InChI=1S/C15H25N3/c1-2-17-9-6-13(7-10-17)11-14-12-18-8-4-3-5-15(18)16-14/h12-13H,2-11H2,1H3. The van der Waals surface area contributed by atoms with Crippen LogP contribution < -0.4 is 0 Å². The summed E-state index contributed by atoms with van der Waals surface area (Å²) >= 11 is 0. The molecule has 1 aromatic heterocycles. The highest BCUT2D eigenvalue weighted by Crippen LogP contribution is 2.22. The fourth-order valence-corrected chi connectivity index (χ4v) is 3.37. The Morgan fingerprint density at radius 1 is 1.22 bits per heavy atom. The van der Waals surface area contributed by atoms with Crippen molar-refractivity contribution in [3.8, 4) is 0 Å². The van der Waals surface area contributed by atoms with Gasteiger partial charge in [0.1, 0.15) is 5.82 Å². The minimum absolute atomic E-state index is 0.866. The van der Waals surface area contributed by atoms with Gasteiger partial charge in [0.15, 0.2) is 0 Å². The van der Waals surface area contributed by atoms with Crippen molar-refractivity contribution in [3.05, 3.63) is 17.7 Å². The van der Waals surface area contributed by atoms with Crippen molar-refractivity contribution in [2.75, 3.05) is 19.6 Å². The molecule has 0 spiro atoms. The Balaban J connectivity index is 1.58. The topological polar surface area (TPSA) is 21.1 Å². The summed E-state index contributed by atoms with van der Waals surface area (Å²) in [6.07, 6.45) is 10.1. The number of hydrogen-bond acceptors (Lipinski definition) is 2. The van der Waals surface area contributed by atoms with Crippen molar-refractivity contribution < 1.29 is 0 Å². The van der Waals surface area contributed by atoms with Crippen molar-refractivity contribution in [2.24, 2.45) is 5.92 Å². The van der Waals surface area contributed by atoms with E-state index in [0.717, 1.165) is 5.92 Å². The van der Waals surface area contributed by atoms with Crippen molar-refractivity contribution in [3.63, 3.8) is 0 Å². The normalized spacial score (nSPS) is 22.1. The number of likely N-dealkylation sites (tertiary alicyclic amines) is 1. The summed E-state index contributed by atoms with van der Waals surface area (Å²) in [7, 11) is 0. The molecule has 3 heterocycles. The van der Waals surface area contributed by atoms with Crippen LogP contribution in [0.2, 0.25) is 0 Å². The van der Waals surface area contributed by atoms with Crippen LogP contribution in [0.3, 0.4) is 0 Å². The van der Waals surface area contributed by atoms with E-state index >= 15 is 0 Å². The number of rotatable bonds is 3. The van der Waals surface area contributed by atoms with E-state index in [1.54, 1.807) is 0 Å². The molecule has 0 aromatic carbocycles. The van der Waals surface area contributed by atoms with Gasteiger partial charge in [0.05, 0.1) is 5.69 Å². The largest absolute Gasteiger partial charge is 0.335 e. The fourth-order valence-electron chi connectivity index (χ4n) is 3.37. The summed E-state index contributed by atoms with van der Waals surface area (Å²) in [5.41, 5.74) is 1.35. The van der Waals surface area contributed by atoms with Crippen LogP contribution in [0.1, 0.15) is 44.1 Å². The first-order valence-electron chi connectivity index (χ1n) is 7.62. The van der Waals surface area contributed by atoms with Crippen LogP contribution in [-0.4, -0.2) is 34.1 Å². The van der Waals surface area contributed by atoms with Gasteiger partial charge in [-0.3, -0.25) is 0 Å². The molecular formula is C15H25N3. The molecular weight excluding hydrogens is 222 g/mol. The second-order valence-corrected chi connectivity index (χ2v) is 5.88. The third kappa shape index (κ3) is 2.61. The van der Waals surface area contributed by atoms with Crippen molar-refractivity contribution in [1.82, 2.24) is 14.5 Å². The predicted molar refractivity (Wildman–Crippen MR) is 73.7 cm³/mol. The maximum Gasteiger partial charge on any atom is 0.108 e. The molecule has 1 aromatic rings. The molecule has 3 nitrogen and oxygen atoms in total. The second kappa shape index (κ2) is 5.43. The highest BCUT2D eigenvalue weighted by Gasteiger charge is 2.20. The first kappa shape index (κ1) is 12.2. The molecule has 0 bridgehead atoms. The average molecular weight is 247 g/mol. The Morgan fingerprint density at radius 3 is 2.78 bits per heavy atom. The number of hydrogen-bond donors (Lipinski definition) is 0. The molecule has 0 amide bonds. The summed E-state index contributed by atoms with van der Waals surface area (Å²) < 4.78 is 2.39. The van der Waals surface area contributed by atoms with Gasteiger partial charge >= 0.3 is 0 Å². The fraction of sp³-hybridized carbons (Fsp3) is 0.800. The molecule has 0 aliphatic carbocycles. The zero-order valence-electron chi connectivity index (χ0n) is 11.6. The third-order valence-electron chi connectivity index (χ3n) is 4.61. The smallest absolute Gasteiger partial charge is 0.108 e. The molecule has 0 atom stereocenters. The first-order chi connectivity index (χ1) is 8.85. The van der Waals surface area contributed by atoms with Crippen LogP contribution in [0.4, 0.5) is 0 Å². The molecule has 2 aliphatic rings. The van der Waals surface area contributed by atoms with Crippen LogP contribution in [-0.2, 0) is 19.4 Å². The Kier molecular flexibility index (Phi) is 3.69. The Morgan fingerprint density at radius 2 is 2.06 bits per heavy atom. The van der Waals surface area contributed by atoms with Crippen LogP contribution in [0, 0.1) is 5.92 Å². The average Bonchev–Trinajstić information content (AvgIpc) is 2.82. The van der Waals surface area contributed by atoms with E-state index in [4.69, 9.17) is 4.98 Å². The summed E-state index contributed by atoms with van der Waals surface area (Å²) in [6.45, 7) is 7.25. The first-order valence-corrected chi connectivity index (χ1v) is 7.62. The van der Waals surface area contributed by atoms with Crippen molar-refractivity contribution >= 4 is 0 Å². The molecule has 0 N–H and O–H groups in total. The maximum atomic E-state index is 4.83. The SMILES string of the molecule is CCN1CCC(Cc2cn3c(n2)CCCC3)CC1. The molecule has 100 valence electrons. The monoisotopic (exact) mass is 247 g/mol. The summed E-state index contributed by atoms with van der Waals surface area (Å²) in [5.74, 6) is 2.20. The molecule has 0 unspecified atom stereocenters. The Bertz CT molecular complexity index is 365. The van der Waals surface area contributed by atoms with E-state index in [1.807, 2.05) is 0 Å². The second-order valence-electron chi connectivity index (χ2n) is 5.88. The Hall–Kier alpha value is -0.830. The summed E-state index contributed by atoms with van der Waals surface area (Å²) in [4.78, 5) is 7.40. The highest BCUT2D eigenvalue weighted by molar-refractivity contribution is 5.07. The molecule has 0 radical (unpaired) electrons. The molecule has 1 fully saturated rings. The predicted octanol–water partition coefficient (Wildman–Crippen LogP) is 2.49. The third-order valence-corrected chi connectivity index (χ3v) is 4.61. The molecule has 1 saturated heterocycles. The van der Waals surface area contributed by atoms with E-state index in [1.165, 1.54) is 76.2 Å². The van der Waals surface area contributed by atoms with Gasteiger partial charge in [-0.05, 0) is 57.7 Å². The molecule has 3 heteroatoms. The number of aromatic nitrogens is 2. The quantitative estimate of drug-likeness (QED) is 0.818. The van der Waals surface area contributed by atoms with Crippen LogP contribution in [0.15, 0.2) is 6.20 Å². The van der Waals surface area contributed by atoms with Gasteiger partial charge in [-0.25, -0.2) is 4.98 Å². The van der Waals surface area contributed by atoms with Crippen LogP contribution in [0.25, 0.3) is 0 Å². The summed E-state index contributed by atoms with van der Waals surface area (Å²) in [6, 6.07) is 0. The highest BCUT2D eigenvalue weighted by atomic mass is 15.1. The number of fused-ring (bicyclic) bond motifs is 1. The Labute approximate surface area is 110 Å². The van der Waals surface area contributed by atoms with Gasteiger partial charge in [0.2, 0.25) is 0 Å². The van der Waals surface area contributed by atoms with E-state index in [9.17, 15) is 0 Å². The number of aryl methyl sites for hydroxylation is 2. The lowest BCUT2D eigenvalue weighted by Gasteiger charge is -2.30. The molecule has 18 heavy (non-hydrogen) atoms. The number of imidazole rings is 1. The van der Waals surface area contributed by atoms with Gasteiger partial charge in [-0.1, -0.05) is 6.92 Å². The minimum atomic E-state index is 0.866. The number of piperidine rings is 1. The van der Waals surface area contributed by atoms with Crippen molar-refractivity contribution in [1.29, 1.82) is 0 Å². The molecule has 3 rings (SSSR count). The molecule has 0 saturated carbocycles. The van der Waals surface area contributed by atoms with Gasteiger partial charge < -0.3 is 9.47 Å². The van der Waals surface area contributed by atoms with Gasteiger partial charge in [0.25, 0.3) is 0 Å². The zero-order valence-corrected chi connectivity index (χ0v) is 11.6. The van der Waals surface area contributed by atoms with E-state index in [2.05, 4.69) is 22.6 Å². The van der Waals surface area contributed by atoms with Crippen LogP contribution >= 0.6 is 0 Å². The van der Waals surface area contributed by atoms with Crippen LogP contribution in [0.5, 0.6) is 0 Å². The molecule has 2 aliphatic heterocycles. The number of nitrogens with zero attached hydrogens (tertiary/aromatic N) is 3. The van der Waals surface area contributed by atoms with Gasteiger partial charge in [-0.2, -0.15) is 0 Å². The zero-order chi connectivity index (χ0) is 12.4.